The van der Waals surface area contributed by atoms with Gasteiger partial charge in [-0.2, -0.15) is 0 Å². The molecule has 1 aromatic heterocycles. The van der Waals surface area contributed by atoms with Gasteiger partial charge in [-0.15, -0.1) is 10.2 Å². The number of rotatable bonds is 8. The lowest BCUT2D eigenvalue weighted by Crippen LogP contribution is -2.31. The van der Waals surface area contributed by atoms with Crippen molar-refractivity contribution in [2.24, 2.45) is 0 Å². The molecule has 0 radical (unpaired) electrons. The quantitative estimate of drug-likeness (QED) is 0.561. The molecule has 0 fully saturated rings. The molecule has 0 N–H and O–H groups in total. The Morgan fingerprint density at radius 1 is 1.00 bits per heavy atom. The van der Waals surface area contributed by atoms with E-state index in [0.29, 0.717) is 34.6 Å². The van der Waals surface area contributed by atoms with Crippen molar-refractivity contribution in [2.75, 3.05) is 27.9 Å². The number of carbonyl (C=O) groups excluding carboxylic acids is 1. The Morgan fingerprint density at radius 3 is 2.37 bits per heavy atom. The van der Waals surface area contributed by atoms with Crippen molar-refractivity contribution in [3.63, 3.8) is 0 Å². The topological polar surface area (TPSA) is 86.9 Å². The molecular formula is C22H25N3O5. The monoisotopic (exact) mass is 411 g/mol. The molecule has 0 saturated carbocycles. The number of nitrogens with zero attached hydrogens (tertiary/aromatic N) is 3. The van der Waals surface area contributed by atoms with Crippen LogP contribution in [-0.4, -0.2) is 48.9 Å². The highest BCUT2D eigenvalue weighted by Gasteiger charge is 2.16. The van der Waals surface area contributed by atoms with Gasteiger partial charge in [0.15, 0.2) is 18.1 Å². The first-order chi connectivity index (χ1) is 14.4. The third kappa shape index (κ3) is 5.08. The standard InChI is InChI=1S/C22H25N3O5/c1-14-8-15(2)10-17(9-14)29-13-21(26)25(3)12-20-23-24-22(30-20)16-6-7-18(27-4)19(11-16)28-5/h6-11H,12-13H2,1-5H3. The van der Waals surface area contributed by atoms with E-state index in [4.69, 9.17) is 18.6 Å². The molecule has 3 aromatic rings. The lowest BCUT2D eigenvalue weighted by atomic mass is 10.1. The van der Waals surface area contributed by atoms with Gasteiger partial charge in [0.05, 0.1) is 20.8 Å². The summed E-state index contributed by atoms with van der Waals surface area (Å²) in [4.78, 5) is 13.9. The van der Waals surface area contributed by atoms with Crippen molar-refractivity contribution in [1.82, 2.24) is 15.1 Å². The Morgan fingerprint density at radius 2 is 1.70 bits per heavy atom. The Kier molecular flexibility index (Phi) is 6.56. The highest BCUT2D eigenvalue weighted by molar-refractivity contribution is 5.77. The minimum Gasteiger partial charge on any atom is -0.493 e. The minimum atomic E-state index is -0.194. The van der Waals surface area contributed by atoms with E-state index in [1.54, 1.807) is 39.5 Å². The molecule has 1 amide bonds. The van der Waals surface area contributed by atoms with Crippen molar-refractivity contribution >= 4 is 5.91 Å². The number of carbonyl (C=O) groups is 1. The lowest BCUT2D eigenvalue weighted by Gasteiger charge is -2.15. The van der Waals surface area contributed by atoms with Crippen molar-refractivity contribution in [1.29, 1.82) is 0 Å². The molecular weight excluding hydrogens is 386 g/mol. The van der Waals surface area contributed by atoms with E-state index in [-0.39, 0.29) is 19.1 Å². The molecule has 0 saturated heterocycles. The fourth-order valence-corrected chi connectivity index (χ4v) is 2.97. The lowest BCUT2D eigenvalue weighted by molar-refractivity contribution is -0.132. The minimum absolute atomic E-state index is 0.0733. The number of benzene rings is 2. The van der Waals surface area contributed by atoms with Gasteiger partial charge >= 0.3 is 0 Å². The van der Waals surface area contributed by atoms with E-state index in [1.165, 1.54) is 4.90 Å². The van der Waals surface area contributed by atoms with Gasteiger partial charge in [-0.05, 0) is 55.3 Å². The summed E-state index contributed by atoms with van der Waals surface area (Å²) in [5.74, 6) is 2.30. The summed E-state index contributed by atoms with van der Waals surface area (Å²) >= 11 is 0. The van der Waals surface area contributed by atoms with Gasteiger partial charge < -0.3 is 23.5 Å². The molecule has 0 aliphatic heterocycles. The summed E-state index contributed by atoms with van der Waals surface area (Å²) in [6.07, 6.45) is 0. The van der Waals surface area contributed by atoms with Gasteiger partial charge in [-0.1, -0.05) is 6.07 Å². The number of hydrogen-bond donors (Lipinski definition) is 0. The van der Waals surface area contributed by atoms with Crippen LogP contribution in [-0.2, 0) is 11.3 Å². The highest BCUT2D eigenvalue weighted by atomic mass is 16.5. The van der Waals surface area contributed by atoms with Gasteiger partial charge in [0.1, 0.15) is 5.75 Å². The van der Waals surface area contributed by atoms with Crippen LogP contribution in [0.1, 0.15) is 17.0 Å². The van der Waals surface area contributed by atoms with Crippen LogP contribution in [0.4, 0.5) is 0 Å². The average Bonchev–Trinajstić information content (AvgIpc) is 3.19. The first-order valence-corrected chi connectivity index (χ1v) is 9.39. The van der Waals surface area contributed by atoms with Crippen LogP contribution < -0.4 is 14.2 Å². The van der Waals surface area contributed by atoms with Crippen LogP contribution in [0.2, 0.25) is 0 Å². The average molecular weight is 411 g/mol. The predicted octanol–water partition coefficient (Wildman–Crippen LogP) is 3.41. The van der Waals surface area contributed by atoms with Crippen LogP contribution in [0.25, 0.3) is 11.5 Å². The summed E-state index contributed by atoms with van der Waals surface area (Å²) in [6, 6.07) is 11.2. The first-order valence-electron chi connectivity index (χ1n) is 9.39. The summed E-state index contributed by atoms with van der Waals surface area (Å²) in [5.41, 5.74) is 2.86. The predicted molar refractivity (Wildman–Crippen MR) is 111 cm³/mol. The van der Waals surface area contributed by atoms with Crippen LogP contribution >= 0.6 is 0 Å². The van der Waals surface area contributed by atoms with Crippen LogP contribution in [0.15, 0.2) is 40.8 Å². The van der Waals surface area contributed by atoms with Crippen LogP contribution in [0.3, 0.4) is 0 Å². The Bertz CT molecular complexity index is 1010. The molecule has 0 aliphatic carbocycles. The van der Waals surface area contributed by atoms with Crippen molar-refractivity contribution < 1.29 is 23.4 Å². The van der Waals surface area contributed by atoms with E-state index >= 15 is 0 Å². The Labute approximate surface area is 175 Å². The number of hydrogen-bond acceptors (Lipinski definition) is 7. The highest BCUT2D eigenvalue weighted by Crippen LogP contribution is 2.31. The third-order valence-corrected chi connectivity index (χ3v) is 4.45. The summed E-state index contributed by atoms with van der Waals surface area (Å²) in [5, 5.41) is 8.09. The van der Waals surface area contributed by atoms with Crippen molar-refractivity contribution in [3.05, 3.63) is 53.4 Å². The molecule has 0 aliphatic rings. The summed E-state index contributed by atoms with van der Waals surface area (Å²) < 4.78 is 21.9. The molecule has 1 heterocycles. The van der Waals surface area contributed by atoms with Gasteiger partial charge in [-0.3, -0.25) is 4.79 Å². The second-order valence-corrected chi connectivity index (χ2v) is 6.93. The number of aromatic nitrogens is 2. The zero-order chi connectivity index (χ0) is 21.7. The fourth-order valence-electron chi connectivity index (χ4n) is 2.97. The van der Waals surface area contributed by atoms with Gasteiger partial charge in [-0.25, -0.2) is 0 Å². The molecule has 0 atom stereocenters. The van der Waals surface area contributed by atoms with E-state index in [0.717, 1.165) is 11.1 Å². The second kappa shape index (κ2) is 9.30. The molecule has 158 valence electrons. The molecule has 2 aromatic carbocycles. The van der Waals surface area contributed by atoms with Crippen molar-refractivity contribution in [3.8, 4) is 28.7 Å². The van der Waals surface area contributed by atoms with Gasteiger partial charge in [0, 0.05) is 12.6 Å². The Hall–Kier alpha value is -3.55. The number of methoxy groups -OCH3 is 2. The second-order valence-electron chi connectivity index (χ2n) is 6.93. The smallest absolute Gasteiger partial charge is 0.260 e. The number of amides is 1. The molecule has 3 rings (SSSR count). The molecule has 0 spiro atoms. The number of ether oxygens (including phenoxy) is 3. The number of likely N-dealkylation sites (N-methyl/N-ethyl adjacent to an activating group) is 1. The van der Waals surface area contributed by atoms with E-state index < -0.39 is 0 Å². The summed E-state index contributed by atoms with van der Waals surface area (Å²) in [6.45, 7) is 4.07. The normalized spacial score (nSPS) is 10.6. The Balaban J connectivity index is 1.61. The van der Waals surface area contributed by atoms with Crippen molar-refractivity contribution in [2.45, 2.75) is 20.4 Å². The zero-order valence-electron chi connectivity index (χ0n) is 17.8. The van der Waals surface area contributed by atoms with E-state index in [1.807, 2.05) is 32.0 Å². The van der Waals surface area contributed by atoms with E-state index in [2.05, 4.69) is 10.2 Å². The van der Waals surface area contributed by atoms with E-state index in [9.17, 15) is 4.79 Å². The van der Waals surface area contributed by atoms with Crippen LogP contribution in [0, 0.1) is 13.8 Å². The molecule has 0 unspecified atom stereocenters. The SMILES string of the molecule is COc1ccc(-c2nnc(CN(C)C(=O)COc3cc(C)cc(C)c3)o2)cc1OC. The molecule has 0 bridgehead atoms. The molecule has 30 heavy (non-hydrogen) atoms. The van der Waals surface area contributed by atoms with Gasteiger partial charge in [0.25, 0.3) is 5.91 Å². The van der Waals surface area contributed by atoms with Crippen LogP contribution in [0.5, 0.6) is 17.2 Å². The zero-order valence-corrected chi connectivity index (χ0v) is 17.8. The maximum absolute atomic E-state index is 12.4. The first kappa shape index (κ1) is 21.2. The fraction of sp³-hybridized carbons (Fsp3) is 0.318. The third-order valence-electron chi connectivity index (χ3n) is 4.45. The maximum atomic E-state index is 12.4. The number of aryl methyl sites for hydroxylation is 2. The summed E-state index contributed by atoms with van der Waals surface area (Å²) in [7, 11) is 4.79. The van der Waals surface area contributed by atoms with Gasteiger partial charge in [0.2, 0.25) is 11.8 Å². The maximum Gasteiger partial charge on any atom is 0.260 e. The molecule has 8 nitrogen and oxygen atoms in total. The molecule has 8 heteroatoms. The largest absolute Gasteiger partial charge is 0.493 e.